The Morgan fingerprint density at radius 2 is 1.60 bits per heavy atom. The van der Waals surface area contributed by atoms with Gasteiger partial charge in [-0.05, 0) is 0 Å². The maximum atomic E-state index is 10.0. The van der Waals surface area contributed by atoms with Crippen LogP contribution < -0.4 is 0 Å². The fourth-order valence-corrected chi connectivity index (χ4v) is 0. The van der Waals surface area contributed by atoms with Crippen LogP contribution >= 0.6 is 9.95 Å². The van der Waals surface area contributed by atoms with Crippen molar-refractivity contribution >= 4 is 22.5 Å². The van der Waals surface area contributed by atoms with Crippen molar-refractivity contribution in [1.82, 2.24) is 0 Å². The van der Waals surface area contributed by atoms with E-state index in [1.165, 1.54) is 0 Å². The quantitative estimate of drug-likeness (QED) is 0.484. The Labute approximate surface area is 38.2 Å². The van der Waals surface area contributed by atoms with Crippen molar-refractivity contribution in [3.63, 3.8) is 0 Å². The number of rotatable bonds is 0. The molecule has 0 rings (SSSR count). The zero-order valence-corrected chi connectivity index (χ0v) is 5.87. The molecule has 0 aliphatic rings. The maximum absolute atomic E-state index is 10.0. The summed E-state index contributed by atoms with van der Waals surface area (Å²) in [5.74, 6) is 0. The van der Waals surface area contributed by atoms with Crippen LogP contribution in [0.2, 0.25) is 11.4 Å². The van der Waals surface area contributed by atoms with Gasteiger partial charge in [-0.2, -0.15) is 0 Å². The molecule has 0 aliphatic heterocycles. The minimum atomic E-state index is -2.65. The Hall–Kier alpha value is 0.648. The molecule has 5 heavy (non-hydrogen) atoms. The van der Waals surface area contributed by atoms with Gasteiger partial charge in [0.05, 0.1) is 0 Å². The normalized spacial score (nSPS) is 11.8. The molecule has 3 heteroatoms. The van der Waals surface area contributed by atoms with Crippen molar-refractivity contribution in [1.29, 1.82) is 0 Å². The van der Waals surface area contributed by atoms with Crippen molar-refractivity contribution in [2.45, 2.75) is 11.4 Å². The monoisotopic (exact) mass is 156 g/mol. The van der Waals surface area contributed by atoms with Gasteiger partial charge in [0.1, 0.15) is 0 Å². The average Bonchev–Trinajstić information content (AvgIpc) is 0.722. The zero-order valence-electron chi connectivity index (χ0n) is 3.23. The molecule has 0 aromatic rings. The minimum absolute atomic E-state index is 1.57. The van der Waals surface area contributed by atoms with Crippen LogP contribution in [0.25, 0.3) is 0 Å². The molecule has 0 unspecified atom stereocenters. The molecule has 0 aromatic heterocycles. The summed E-state index contributed by atoms with van der Waals surface area (Å²) >= 11 is -2.65. The summed E-state index contributed by atoms with van der Waals surface area (Å²) in [6.45, 7) is 0. The average molecular weight is 156 g/mol. The van der Waals surface area contributed by atoms with Gasteiger partial charge in [0.15, 0.2) is 0 Å². The van der Waals surface area contributed by atoms with Crippen molar-refractivity contribution in [3.05, 3.63) is 0 Å². The van der Waals surface area contributed by atoms with Gasteiger partial charge in [0.2, 0.25) is 0 Å². The first-order chi connectivity index (χ1) is 2.00. The Bertz CT molecular complexity index is 55.8. The molecule has 0 fully saturated rings. The van der Waals surface area contributed by atoms with E-state index < -0.39 is 12.5 Å². The van der Waals surface area contributed by atoms with Crippen molar-refractivity contribution < 1.29 is 3.74 Å². The van der Waals surface area contributed by atoms with E-state index in [2.05, 4.69) is 0 Å². The molecule has 0 N–H and O–H groups in total. The predicted molar refractivity (Wildman–Crippen MR) is 24.0 cm³/mol. The molecule has 0 aromatic carbocycles. The second-order valence-corrected chi connectivity index (χ2v) is 10.6. The first-order valence-corrected chi connectivity index (χ1v) is 8.23. The Morgan fingerprint density at radius 3 is 1.60 bits per heavy atom. The van der Waals surface area contributed by atoms with E-state index in [-0.39, 0.29) is 0 Å². The summed E-state index contributed by atoms with van der Waals surface area (Å²) < 4.78 is 10.0. The van der Waals surface area contributed by atoms with Crippen LogP contribution in [0.1, 0.15) is 0 Å². The van der Waals surface area contributed by atoms with Crippen LogP contribution in [0.3, 0.4) is 0 Å². The van der Waals surface area contributed by atoms with Crippen LogP contribution in [-0.4, -0.2) is 12.5 Å². The van der Waals surface area contributed by atoms with Crippen LogP contribution in [0, 0.1) is 0 Å². The van der Waals surface area contributed by atoms with Gasteiger partial charge in [0.25, 0.3) is 0 Å². The van der Waals surface area contributed by atoms with Crippen LogP contribution in [0.5, 0.6) is 0 Å². The standard InChI is InChI=1S/C2H6AsClO/c1-3(2,4)5/h1-2H3. The van der Waals surface area contributed by atoms with Crippen molar-refractivity contribution in [2.24, 2.45) is 0 Å². The topological polar surface area (TPSA) is 17.1 Å². The molecule has 0 radical (unpaired) electrons. The molecule has 0 amide bonds. The van der Waals surface area contributed by atoms with E-state index in [1.807, 2.05) is 0 Å². The van der Waals surface area contributed by atoms with Crippen LogP contribution in [0.15, 0.2) is 0 Å². The fraction of sp³-hybridized carbons (Fsp3) is 1.00. The number of hydrogen-bond donors (Lipinski definition) is 0. The van der Waals surface area contributed by atoms with E-state index in [9.17, 15) is 3.74 Å². The molecule has 0 bridgehead atoms. The summed E-state index contributed by atoms with van der Waals surface area (Å²) in [6.07, 6.45) is 0. The molecule has 0 saturated carbocycles. The zero-order chi connectivity index (χ0) is 4.50. The predicted octanol–water partition coefficient (Wildman–Crippen LogP) is 1.36. The molecular weight excluding hydrogens is 150 g/mol. The Morgan fingerprint density at radius 1 is 1.60 bits per heavy atom. The summed E-state index contributed by atoms with van der Waals surface area (Å²) in [7, 11) is 5.15. The van der Waals surface area contributed by atoms with Gasteiger partial charge < -0.3 is 0 Å². The van der Waals surface area contributed by atoms with Gasteiger partial charge in [-0.15, -0.1) is 0 Å². The third kappa shape index (κ3) is 77.5. The molecule has 0 saturated heterocycles. The number of hydrogen-bond acceptors (Lipinski definition) is 1. The molecule has 0 spiro atoms. The first kappa shape index (κ1) is 5.65. The number of halogens is 1. The van der Waals surface area contributed by atoms with E-state index in [0.717, 1.165) is 0 Å². The second-order valence-electron chi connectivity index (χ2n) is 1.22. The van der Waals surface area contributed by atoms with Crippen molar-refractivity contribution in [2.75, 3.05) is 0 Å². The van der Waals surface area contributed by atoms with Crippen LogP contribution in [-0.2, 0) is 3.74 Å². The summed E-state index contributed by atoms with van der Waals surface area (Å²) in [4.78, 5) is 0. The molecule has 32 valence electrons. The van der Waals surface area contributed by atoms with Gasteiger partial charge in [-0.1, -0.05) is 0 Å². The fourth-order valence-electron chi connectivity index (χ4n) is 0. The third-order valence-corrected chi connectivity index (χ3v) is 0. The van der Waals surface area contributed by atoms with Gasteiger partial charge >= 0.3 is 37.7 Å². The van der Waals surface area contributed by atoms with Gasteiger partial charge in [-0.3, -0.25) is 0 Å². The first-order valence-electron chi connectivity index (χ1n) is 1.25. The summed E-state index contributed by atoms with van der Waals surface area (Å²) in [5, 5.41) is 0. The van der Waals surface area contributed by atoms with Gasteiger partial charge in [0, 0.05) is 0 Å². The molecule has 0 atom stereocenters. The second kappa shape index (κ2) is 1.40. The summed E-state index contributed by atoms with van der Waals surface area (Å²) in [5.41, 5.74) is 3.14. The van der Waals surface area contributed by atoms with E-state index in [1.54, 1.807) is 11.4 Å². The van der Waals surface area contributed by atoms with Crippen LogP contribution in [0.4, 0.5) is 0 Å². The Balaban J connectivity index is 3.47. The van der Waals surface area contributed by atoms with E-state index in [0.29, 0.717) is 0 Å². The molecule has 0 aliphatic carbocycles. The molecular formula is C2H6AsClO. The molecule has 1 nitrogen and oxygen atoms in total. The van der Waals surface area contributed by atoms with E-state index >= 15 is 0 Å². The van der Waals surface area contributed by atoms with E-state index in [4.69, 9.17) is 9.95 Å². The van der Waals surface area contributed by atoms with Gasteiger partial charge in [-0.25, -0.2) is 0 Å². The molecule has 0 heterocycles. The summed E-state index contributed by atoms with van der Waals surface area (Å²) in [6, 6.07) is 0. The van der Waals surface area contributed by atoms with Crippen molar-refractivity contribution in [3.8, 4) is 0 Å². The Kier molecular flexibility index (Phi) is 1.58. The third-order valence-electron chi connectivity index (χ3n) is 0. The SMILES string of the molecule is C[As](C)(=O)Cl.